The molecule has 0 heterocycles. The molecule has 2 atom stereocenters. The van der Waals surface area contributed by atoms with Gasteiger partial charge in [0, 0.05) is 11.6 Å². The van der Waals surface area contributed by atoms with E-state index in [1.807, 2.05) is 13.8 Å². The first-order chi connectivity index (χ1) is 7.76. The van der Waals surface area contributed by atoms with Crippen LogP contribution in [0.2, 0.25) is 0 Å². The van der Waals surface area contributed by atoms with Crippen molar-refractivity contribution >= 4 is 0 Å². The highest BCUT2D eigenvalue weighted by atomic mass is 19.4. The summed E-state index contributed by atoms with van der Waals surface area (Å²) in [6, 6.07) is 0.184. The second kappa shape index (κ2) is 5.54. The van der Waals surface area contributed by atoms with Crippen LogP contribution in [0, 0.1) is 0 Å². The van der Waals surface area contributed by atoms with E-state index in [9.17, 15) is 18.3 Å². The van der Waals surface area contributed by atoms with Gasteiger partial charge in [-0.1, -0.05) is 13.8 Å². The average Bonchev–Trinajstić information content (AvgIpc) is 2.57. The van der Waals surface area contributed by atoms with E-state index in [1.165, 1.54) is 0 Å². The maximum absolute atomic E-state index is 12.0. The van der Waals surface area contributed by atoms with Gasteiger partial charge in [-0.25, -0.2) is 0 Å². The molecule has 1 rings (SSSR count). The van der Waals surface area contributed by atoms with Crippen molar-refractivity contribution in [1.82, 2.24) is 5.32 Å². The van der Waals surface area contributed by atoms with Crippen molar-refractivity contribution in [1.29, 1.82) is 0 Å². The van der Waals surface area contributed by atoms with E-state index in [1.54, 1.807) is 0 Å². The molecule has 1 aliphatic rings. The summed E-state index contributed by atoms with van der Waals surface area (Å²) in [5.74, 6) is 0. The second-order valence-electron chi connectivity index (χ2n) is 5.03. The van der Waals surface area contributed by atoms with E-state index in [-0.39, 0.29) is 12.6 Å². The van der Waals surface area contributed by atoms with Crippen LogP contribution in [0.1, 0.15) is 33.1 Å². The SMILES string of the molecule is CC(C)NC1(CO)CCC(OCC(F)(F)F)C1. The zero-order chi connectivity index (χ0) is 13.1. The zero-order valence-corrected chi connectivity index (χ0v) is 10.2. The Morgan fingerprint density at radius 1 is 1.47 bits per heavy atom. The van der Waals surface area contributed by atoms with Crippen molar-refractivity contribution in [3.05, 3.63) is 0 Å². The third-order valence-corrected chi connectivity index (χ3v) is 2.94. The van der Waals surface area contributed by atoms with Crippen LogP contribution >= 0.6 is 0 Å². The Morgan fingerprint density at radius 3 is 2.59 bits per heavy atom. The zero-order valence-electron chi connectivity index (χ0n) is 10.2. The van der Waals surface area contributed by atoms with Crippen molar-refractivity contribution < 1.29 is 23.0 Å². The number of hydrogen-bond acceptors (Lipinski definition) is 3. The van der Waals surface area contributed by atoms with Crippen LogP contribution in [0.5, 0.6) is 0 Å². The predicted octanol–water partition coefficient (Wildman–Crippen LogP) is 1.85. The van der Waals surface area contributed by atoms with Crippen molar-refractivity contribution in [2.24, 2.45) is 0 Å². The molecule has 3 nitrogen and oxygen atoms in total. The fourth-order valence-electron chi connectivity index (χ4n) is 2.36. The van der Waals surface area contributed by atoms with Gasteiger partial charge in [0.15, 0.2) is 0 Å². The summed E-state index contributed by atoms with van der Waals surface area (Å²) in [4.78, 5) is 0. The number of ether oxygens (including phenoxy) is 1. The molecule has 0 amide bonds. The quantitative estimate of drug-likeness (QED) is 0.787. The minimum absolute atomic E-state index is 0.0724. The van der Waals surface area contributed by atoms with Crippen LogP contribution in [0.4, 0.5) is 13.2 Å². The van der Waals surface area contributed by atoms with Crippen molar-refractivity contribution in [2.75, 3.05) is 13.2 Å². The lowest BCUT2D eigenvalue weighted by molar-refractivity contribution is -0.185. The molecule has 17 heavy (non-hydrogen) atoms. The summed E-state index contributed by atoms with van der Waals surface area (Å²) in [6.45, 7) is 2.61. The minimum atomic E-state index is -4.28. The van der Waals surface area contributed by atoms with Gasteiger partial charge in [0.1, 0.15) is 6.61 Å². The number of aliphatic hydroxyl groups excluding tert-OH is 1. The Kier molecular flexibility index (Phi) is 4.80. The highest BCUT2D eigenvalue weighted by Crippen LogP contribution is 2.33. The summed E-state index contributed by atoms with van der Waals surface area (Å²) in [6.07, 6.45) is -3.08. The minimum Gasteiger partial charge on any atom is -0.394 e. The van der Waals surface area contributed by atoms with Gasteiger partial charge >= 0.3 is 6.18 Å². The van der Waals surface area contributed by atoms with Gasteiger partial charge in [-0.2, -0.15) is 13.2 Å². The van der Waals surface area contributed by atoms with Gasteiger partial charge < -0.3 is 15.2 Å². The molecule has 6 heteroatoms. The third-order valence-electron chi connectivity index (χ3n) is 2.94. The first-order valence-electron chi connectivity index (χ1n) is 5.83. The number of halogens is 3. The lowest BCUT2D eigenvalue weighted by Gasteiger charge is -2.31. The number of nitrogens with one attached hydrogen (secondary N) is 1. The number of aliphatic hydroxyl groups is 1. The molecule has 0 bridgehead atoms. The Morgan fingerprint density at radius 2 is 2.12 bits per heavy atom. The molecule has 2 N–H and O–H groups in total. The first kappa shape index (κ1) is 14.7. The standard InChI is InChI=1S/C11H20F3NO2/c1-8(2)15-10(6-16)4-3-9(5-10)17-7-11(12,13)14/h8-9,15-16H,3-7H2,1-2H3. The van der Waals surface area contributed by atoms with Crippen LogP contribution in [-0.2, 0) is 4.74 Å². The Balaban J connectivity index is 2.44. The first-order valence-corrected chi connectivity index (χ1v) is 5.83. The topological polar surface area (TPSA) is 41.5 Å². The third kappa shape index (κ3) is 4.81. The summed E-state index contributed by atoms with van der Waals surface area (Å²) < 4.78 is 40.8. The van der Waals surface area contributed by atoms with Gasteiger partial charge in [-0.05, 0) is 19.3 Å². The summed E-state index contributed by atoms with van der Waals surface area (Å²) >= 11 is 0. The van der Waals surface area contributed by atoms with E-state index in [0.29, 0.717) is 19.3 Å². The smallest absolute Gasteiger partial charge is 0.394 e. The molecule has 1 saturated carbocycles. The lowest BCUT2D eigenvalue weighted by Crippen LogP contribution is -2.50. The molecule has 0 aromatic heterocycles. The lowest BCUT2D eigenvalue weighted by atomic mass is 9.97. The van der Waals surface area contributed by atoms with Gasteiger partial charge in [0.05, 0.1) is 12.7 Å². The van der Waals surface area contributed by atoms with Crippen molar-refractivity contribution in [3.8, 4) is 0 Å². The van der Waals surface area contributed by atoms with Crippen LogP contribution < -0.4 is 5.32 Å². The maximum Gasteiger partial charge on any atom is 0.411 e. The Hall–Kier alpha value is -0.330. The molecule has 0 saturated heterocycles. The number of rotatable bonds is 5. The van der Waals surface area contributed by atoms with E-state index in [2.05, 4.69) is 5.32 Å². The van der Waals surface area contributed by atoms with Crippen LogP contribution in [-0.4, -0.2) is 42.2 Å². The fourth-order valence-corrected chi connectivity index (χ4v) is 2.36. The molecule has 0 aromatic rings. The highest BCUT2D eigenvalue weighted by molar-refractivity contribution is 4.97. The average molecular weight is 255 g/mol. The van der Waals surface area contributed by atoms with Crippen LogP contribution in [0.25, 0.3) is 0 Å². The van der Waals surface area contributed by atoms with Crippen LogP contribution in [0.3, 0.4) is 0 Å². The molecule has 2 unspecified atom stereocenters. The Labute approximate surface area is 99.3 Å². The molecule has 0 aromatic carbocycles. The Bertz CT molecular complexity index is 245. The highest BCUT2D eigenvalue weighted by Gasteiger charge is 2.41. The molecule has 1 fully saturated rings. The van der Waals surface area contributed by atoms with Gasteiger partial charge in [0.2, 0.25) is 0 Å². The van der Waals surface area contributed by atoms with Gasteiger partial charge in [-0.15, -0.1) is 0 Å². The summed E-state index contributed by atoms with van der Waals surface area (Å²) in [7, 11) is 0. The molecule has 0 radical (unpaired) electrons. The molecular formula is C11H20F3NO2. The molecule has 0 aliphatic heterocycles. The van der Waals surface area contributed by atoms with Crippen molar-refractivity contribution in [3.63, 3.8) is 0 Å². The van der Waals surface area contributed by atoms with Crippen molar-refractivity contribution in [2.45, 2.75) is 57.0 Å². The summed E-state index contributed by atoms with van der Waals surface area (Å²) in [5, 5.41) is 12.6. The molecule has 102 valence electrons. The number of alkyl halides is 3. The van der Waals surface area contributed by atoms with E-state index >= 15 is 0 Å². The normalized spacial score (nSPS) is 30.2. The van der Waals surface area contributed by atoms with E-state index < -0.39 is 24.4 Å². The summed E-state index contributed by atoms with van der Waals surface area (Å²) in [5.41, 5.74) is -0.482. The fraction of sp³-hybridized carbons (Fsp3) is 1.00. The van der Waals surface area contributed by atoms with Gasteiger partial charge in [0.25, 0.3) is 0 Å². The monoisotopic (exact) mass is 255 g/mol. The molecule has 0 spiro atoms. The van der Waals surface area contributed by atoms with E-state index in [4.69, 9.17) is 4.74 Å². The number of hydrogen-bond donors (Lipinski definition) is 2. The van der Waals surface area contributed by atoms with E-state index in [0.717, 1.165) is 0 Å². The molecular weight excluding hydrogens is 235 g/mol. The molecule has 1 aliphatic carbocycles. The largest absolute Gasteiger partial charge is 0.411 e. The second-order valence-corrected chi connectivity index (χ2v) is 5.03. The maximum atomic E-state index is 12.0. The van der Waals surface area contributed by atoms with Gasteiger partial charge in [-0.3, -0.25) is 0 Å². The predicted molar refractivity (Wildman–Crippen MR) is 57.7 cm³/mol. The van der Waals surface area contributed by atoms with Crippen LogP contribution in [0.15, 0.2) is 0 Å².